The van der Waals surface area contributed by atoms with Gasteiger partial charge in [-0.1, -0.05) is 11.6 Å². The zero-order chi connectivity index (χ0) is 19.1. The molecule has 1 atom stereocenters. The molecule has 7 nitrogen and oxygen atoms in total. The van der Waals surface area contributed by atoms with Crippen LogP contribution in [0, 0.1) is 11.7 Å². The Bertz CT molecular complexity index is 993. The molecule has 27 heavy (non-hydrogen) atoms. The summed E-state index contributed by atoms with van der Waals surface area (Å²) in [5, 5.41) is -0.0704. The molecular formula is C18H16ClFN4O3. The number of nitrogens with one attached hydrogen (secondary N) is 1. The second kappa shape index (κ2) is 6.77. The van der Waals surface area contributed by atoms with Crippen LogP contribution in [0.15, 0.2) is 29.3 Å². The van der Waals surface area contributed by atoms with Crippen molar-refractivity contribution in [3.05, 3.63) is 57.0 Å². The lowest BCUT2D eigenvalue weighted by molar-refractivity contribution is -0.136. The Kier molecular flexibility index (Phi) is 4.43. The standard InChI is InChI=1S/C18H16ClFN4O3/c19-13-6-11(1-2-14(13)20)24-7-10(5-16(24)25)18(27)23-4-3-12-15(8-23)21-9-22-17(12)26/h1-2,6,9-10H,3-5,7-8H2,(H,21,22,26)/t10-/m0/s1. The molecule has 1 fully saturated rings. The van der Waals surface area contributed by atoms with Crippen LogP contribution < -0.4 is 10.5 Å². The molecular weight excluding hydrogens is 375 g/mol. The van der Waals surface area contributed by atoms with Crippen LogP contribution in [-0.2, 0) is 22.6 Å². The summed E-state index contributed by atoms with van der Waals surface area (Å²) < 4.78 is 13.4. The van der Waals surface area contributed by atoms with Gasteiger partial charge in [-0.25, -0.2) is 9.37 Å². The van der Waals surface area contributed by atoms with Crippen molar-refractivity contribution < 1.29 is 14.0 Å². The number of hydrogen-bond acceptors (Lipinski definition) is 4. The third-order valence-corrected chi connectivity index (χ3v) is 5.30. The van der Waals surface area contributed by atoms with E-state index in [9.17, 15) is 18.8 Å². The van der Waals surface area contributed by atoms with Crippen molar-refractivity contribution in [2.45, 2.75) is 19.4 Å². The average Bonchev–Trinajstić information content (AvgIpc) is 3.05. The SMILES string of the molecule is O=C([C@H]1CC(=O)N(c2ccc(F)c(Cl)c2)C1)N1CCc2c(nc[nH]c2=O)C1. The number of anilines is 1. The van der Waals surface area contributed by atoms with Crippen LogP contribution in [0.3, 0.4) is 0 Å². The van der Waals surface area contributed by atoms with E-state index in [0.29, 0.717) is 29.9 Å². The number of amides is 2. The van der Waals surface area contributed by atoms with Gasteiger partial charge in [-0.05, 0) is 24.6 Å². The van der Waals surface area contributed by atoms with E-state index in [1.165, 1.54) is 29.4 Å². The lowest BCUT2D eigenvalue weighted by Crippen LogP contribution is -2.42. The van der Waals surface area contributed by atoms with E-state index in [1.807, 2.05) is 0 Å². The van der Waals surface area contributed by atoms with Crippen molar-refractivity contribution in [2.24, 2.45) is 5.92 Å². The number of aromatic nitrogens is 2. The summed E-state index contributed by atoms with van der Waals surface area (Å²) in [5.41, 5.74) is 1.48. The third-order valence-electron chi connectivity index (χ3n) is 5.01. The van der Waals surface area contributed by atoms with Crippen LogP contribution in [0.25, 0.3) is 0 Å². The summed E-state index contributed by atoms with van der Waals surface area (Å²) in [5.74, 6) is -1.41. The van der Waals surface area contributed by atoms with Gasteiger partial charge >= 0.3 is 0 Å². The lowest BCUT2D eigenvalue weighted by Gasteiger charge is -2.29. The van der Waals surface area contributed by atoms with E-state index in [4.69, 9.17) is 11.6 Å². The first-order valence-corrected chi connectivity index (χ1v) is 8.91. The Labute approximate surface area is 158 Å². The maximum absolute atomic E-state index is 13.4. The molecule has 1 aromatic heterocycles. The third kappa shape index (κ3) is 3.21. The zero-order valence-electron chi connectivity index (χ0n) is 14.2. The van der Waals surface area contributed by atoms with E-state index < -0.39 is 11.7 Å². The number of aromatic amines is 1. The number of benzene rings is 1. The van der Waals surface area contributed by atoms with Gasteiger partial charge in [0.2, 0.25) is 11.8 Å². The molecule has 1 N–H and O–H groups in total. The maximum atomic E-state index is 13.4. The van der Waals surface area contributed by atoms with E-state index in [0.717, 1.165) is 0 Å². The van der Waals surface area contributed by atoms with E-state index in [-0.39, 0.29) is 41.9 Å². The highest BCUT2D eigenvalue weighted by atomic mass is 35.5. The quantitative estimate of drug-likeness (QED) is 0.842. The van der Waals surface area contributed by atoms with E-state index in [1.54, 1.807) is 4.90 Å². The molecule has 9 heteroatoms. The Morgan fingerprint density at radius 1 is 1.33 bits per heavy atom. The molecule has 4 rings (SSSR count). The lowest BCUT2D eigenvalue weighted by atomic mass is 10.0. The number of rotatable bonds is 2. The summed E-state index contributed by atoms with van der Waals surface area (Å²) in [6.07, 6.45) is 1.84. The second-order valence-corrected chi connectivity index (χ2v) is 7.08. The minimum absolute atomic E-state index is 0.0704. The predicted octanol–water partition coefficient (Wildman–Crippen LogP) is 1.50. The fourth-order valence-corrected chi connectivity index (χ4v) is 3.76. The minimum atomic E-state index is -0.561. The molecule has 0 saturated carbocycles. The summed E-state index contributed by atoms with van der Waals surface area (Å²) in [7, 11) is 0. The monoisotopic (exact) mass is 390 g/mol. The fraction of sp³-hybridized carbons (Fsp3) is 0.333. The zero-order valence-corrected chi connectivity index (χ0v) is 15.0. The minimum Gasteiger partial charge on any atom is -0.336 e. The van der Waals surface area contributed by atoms with Crippen LogP contribution in [-0.4, -0.2) is 39.8 Å². The number of carbonyl (C=O) groups is 2. The molecule has 2 aromatic rings. The largest absolute Gasteiger partial charge is 0.336 e. The number of H-pyrrole nitrogens is 1. The molecule has 2 aliphatic heterocycles. The summed E-state index contributed by atoms with van der Waals surface area (Å²) in [6, 6.07) is 4.05. The van der Waals surface area contributed by atoms with Crippen molar-refractivity contribution in [1.29, 1.82) is 0 Å². The van der Waals surface area contributed by atoms with Crippen molar-refractivity contribution in [3.8, 4) is 0 Å². The second-order valence-electron chi connectivity index (χ2n) is 6.67. The molecule has 3 heterocycles. The van der Waals surface area contributed by atoms with Gasteiger partial charge in [-0.2, -0.15) is 0 Å². The van der Waals surface area contributed by atoms with Crippen molar-refractivity contribution in [2.75, 3.05) is 18.0 Å². The number of fused-ring (bicyclic) bond motifs is 1. The first kappa shape index (κ1) is 17.7. The Morgan fingerprint density at radius 2 is 2.15 bits per heavy atom. The first-order valence-electron chi connectivity index (χ1n) is 8.53. The highest BCUT2D eigenvalue weighted by molar-refractivity contribution is 6.31. The average molecular weight is 391 g/mol. The van der Waals surface area contributed by atoms with Gasteiger partial charge in [-0.3, -0.25) is 14.4 Å². The summed E-state index contributed by atoms with van der Waals surface area (Å²) in [6.45, 7) is 0.880. The van der Waals surface area contributed by atoms with Gasteiger partial charge < -0.3 is 14.8 Å². The number of hydrogen-bond donors (Lipinski definition) is 1. The van der Waals surface area contributed by atoms with Gasteiger partial charge in [0.15, 0.2) is 0 Å². The highest BCUT2D eigenvalue weighted by Crippen LogP contribution is 2.30. The van der Waals surface area contributed by atoms with E-state index in [2.05, 4.69) is 9.97 Å². The molecule has 0 unspecified atom stereocenters. The van der Waals surface area contributed by atoms with Gasteiger partial charge in [0.05, 0.1) is 29.5 Å². The highest BCUT2D eigenvalue weighted by Gasteiger charge is 2.38. The maximum Gasteiger partial charge on any atom is 0.254 e. The van der Waals surface area contributed by atoms with Gasteiger partial charge in [-0.15, -0.1) is 0 Å². The number of nitrogens with zero attached hydrogens (tertiary/aromatic N) is 3. The molecule has 1 saturated heterocycles. The fourth-order valence-electron chi connectivity index (χ4n) is 3.59. The Morgan fingerprint density at radius 3 is 2.93 bits per heavy atom. The van der Waals surface area contributed by atoms with Gasteiger partial charge in [0, 0.05) is 30.8 Å². The van der Waals surface area contributed by atoms with Crippen molar-refractivity contribution in [1.82, 2.24) is 14.9 Å². The number of halogens is 2. The van der Waals surface area contributed by atoms with E-state index >= 15 is 0 Å². The first-order chi connectivity index (χ1) is 12.9. The van der Waals surface area contributed by atoms with Gasteiger partial charge in [0.25, 0.3) is 5.56 Å². The van der Waals surface area contributed by atoms with Crippen LogP contribution >= 0.6 is 11.6 Å². The Balaban J connectivity index is 1.50. The molecule has 140 valence electrons. The van der Waals surface area contributed by atoms with Crippen LogP contribution in [0.5, 0.6) is 0 Å². The van der Waals surface area contributed by atoms with Crippen LogP contribution in [0.1, 0.15) is 17.7 Å². The molecule has 0 spiro atoms. The molecule has 0 radical (unpaired) electrons. The van der Waals surface area contributed by atoms with Crippen molar-refractivity contribution >= 4 is 29.1 Å². The topological polar surface area (TPSA) is 86.4 Å². The predicted molar refractivity (Wildman–Crippen MR) is 95.8 cm³/mol. The molecule has 1 aromatic carbocycles. The summed E-state index contributed by atoms with van der Waals surface area (Å²) in [4.78, 5) is 46.8. The molecule has 0 aliphatic carbocycles. The molecule has 2 amide bonds. The van der Waals surface area contributed by atoms with Crippen LogP contribution in [0.4, 0.5) is 10.1 Å². The van der Waals surface area contributed by atoms with Gasteiger partial charge in [0.1, 0.15) is 5.82 Å². The smallest absolute Gasteiger partial charge is 0.254 e. The normalized spacial score (nSPS) is 19.3. The molecule has 0 bridgehead atoms. The number of carbonyl (C=O) groups excluding carboxylic acids is 2. The van der Waals surface area contributed by atoms with Crippen LogP contribution in [0.2, 0.25) is 5.02 Å². The summed E-state index contributed by atoms with van der Waals surface area (Å²) >= 11 is 5.80. The van der Waals surface area contributed by atoms with Crippen molar-refractivity contribution in [3.63, 3.8) is 0 Å². The Hall–Kier alpha value is -2.74. The molecule has 2 aliphatic rings.